The number of aromatic nitrogens is 1. The molecule has 7 nitrogen and oxygen atoms in total. The molecule has 0 radical (unpaired) electrons. The topological polar surface area (TPSA) is 91.4 Å². The molecule has 0 bridgehead atoms. The second kappa shape index (κ2) is 6.40. The number of hydrogen-bond acceptors (Lipinski definition) is 4. The van der Waals surface area contributed by atoms with Crippen LogP contribution >= 0.6 is 0 Å². The van der Waals surface area contributed by atoms with Crippen molar-refractivity contribution in [2.24, 2.45) is 0 Å². The molecule has 1 aromatic heterocycles. The van der Waals surface area contributed by atoms with Crippen LogP contribution in [0.15, 0.2) is 36.5 Å². The van der Waals surface area contributed by atoms with Crippen LogP contribution in [0.4, 0.5) is 10.5 Å². The van der Waals surface area contributed by atoms with Crippen LogP contribution in [0, 0.1) is 0 Å². The molecule has 0 unspecified atom stereocenters. The van der Waals surface area contributed by atoms with E-state index in [1.807, 2.05) is 24.3 Å². The van der Waals surface area contributed by atoms with E-state index in [2.05, 4.69) is 15.6 Å². The van der Waals surface area contributed by atoms with Gasteiger partial charge in [0, 0.05) is 24.5 Å². The molecule has 26 heavy (non-hydrogen) atoms. The first-order valence-corrected chi connectivity index (χ1v) is 8.87. The van der Waals surface area contributed by atoms with E-state index in [1.54, 1.807) is 12.3 Å². The van der Waals surface area contributed by atoms with E-state index >= 15 is 0 Å². The summed E-state index contributed by atoms with van der Waals surface area (Å²) in [5, 5.41) is 6.58. The summed E-state index contributed by atoms with van der Waals surface area (Å²) in [4.78, 5) is 42.5. The van der Waals surface area contributed by atoms with E-state index in [0.29, 0.717) is 24.0 Å². The van der Waals surface area contributed by atoms with Gasteiger partial charge in [-0.15, -0.1) is 0 Å². The Labute approximate surface area is 150 Å². The standard InChI is InChI=1S/C19H20N4O3/c24-15(21-14-7-3-5-13-6-4-11-20-16(13)14)8-12-23-17(25)19(22-18(23)26)9-1-2-10-19/h3-7,11H,1-2,8-10,12H2,(H,21,24)(H,22,26). The maximum Gasteiger partial charge on any atom is 0.325 e. The highest BCUT2D eigenvalue weighted by molar-refractivity contribution is 6.07. The molecule has 134 valence electrons. The summed E-state index contributed by atoms with van der Waals surface area (Å²) in [6.07, 6.45) is 4.97. The zero-order valence-electron chi connectivity index (χ0n) is 14.3. The van der Waals surface area contributed by atoms with Crippen LogP contribution in [-0.2, 0) is 9.59 Å². The molecule has 4 amide bonds. The van der Waals surface area contributed by atoms with Crippen LogP contribution in [0.2, 0.25) is 0 Å². The highest BCUT2D eigenvalue weighted by atomic mass is 16.2. The summed E-state index contributed by atoms with van der Waals surface area (Å²) >= 11 is 0. The number of anilines is 1. The summed E-state index contributed by atoms with van der Waals surface area (Å²) in [7, 11) is 0. The Morgan fingerprint density at radius 2 is 1.96 bits per heavy atom. The number of fused-ring (bicyclic) bond motifs is 1. The second-order valence-electron chi connectivity index (χ2n) is 6.86. The van der Waals surface area contributed by atoms with Crippen molar-refractivity contribution in [3.8, 4) is 0 Å². The average Bonchev–Trinajstić information content (AvgIpc) is 3.20. The lowest BCUT2D eigenvalue weighted by atomic mass is 9.98. The number of para-hydroxylation sites is 1. The molecule has 2 N–H and O–H groups in total. The highest BCUT2D eigenvalue weighted by Crippen LogP contribution is 2.35. The Bertz CT molecular complexity index is 884. The molecule has 0 atom stereocenters. The average molecular weight is 352 g/mol. The molecule has 1 aliphatic heterocycles. The smallest absolute Gasteiger partial charge is 0.324 e. The zero-order valence-corrected chi connectivity index (χ0v) is 14.3. The van der Waals surface area contributed by atoms with Crippen LogP contribution in [-0.4, -0.2) is 39.8 Å². The number of pyridine rings is 1. The van der Waals surface area contributed by atoms with E-state index in [-0.39, 0.29) is 24.8 Å². The van der Waals surface area contributed by atoms with Gasteiger partial charge in [0.25, 0.3) is 5.91 Å². The van der Waals surface area contributed by atoms with Crippen molar-refractivity contribution < 1.29 is 14.4 Å². The van der Waals surface area contributed by atoms with Crippen molar-refractivity contribution in [2.75, 3.05) is 11.9 Å². The number of benzene rings is 1. The van der Waals surface area contributed by atoms with E-state index in [1.165, 1.54) is 4.90 Å². The van der Waals surface area contributed by atoms with Gasteiger partial charge in [0.1, 0.15) is 5.54 Å². The van der Waals surface area contributed by atoms with Gasteiger partial charge < -0.3 is 10.6 Å². The van der Waals surface area contributed by atoms with Gasteiger partial charge in [-0.05, 0) is 25.0 Å². The van der Waals surface area contributed by atoms with Crippen molar-refractivity contribution in [1.29, 1.82) is 0 Å². The van der Waals surface area contributed by atoms with Crippen LogP contribution < -0.4 is 10.6 Å². The lowest BCUT2D eigenvalue weighted by Crippen LogP contribution is -2.44. The van der Waals surface area contributed by atoms with E-state index in [9.17, 15) is 14.4 Å². The summed E-state index contributed by atoms with van der Waals surface area (Å²) in [5.41, 5.74) is 0.605. The SMILES string of the molecule is O=C(CCN1C(=O)NC2(CCCC2)C1=O)Nc1cccc2cccnc12. The third-order valence-corrected chi connectivity index (χ3v) is 5.17. The maximum atomic E-state index is 12.6. The van der Waals surface area contributed by atoms with Crippen molar-refractivity contribution in [2.45, 2.75) is 37.6 Å². The molecule has 1 saturated carbocycles. The number of hydrogen-bond donors (Lipinski definition) is 2. The predicted molar refractivity (Wildman–Crippen MR) is 96.4 cm³/mol. The van der Waals surface area contributed by atoms with E-state index in [0.717, 1.165) is 18.2 Å². The van der Waals surface area contributed by atoms with Gasteiger partial charge in [-0.2, -0.15) is 0 Å². The number of nitrogens with one attached hydrogen (secondary N) is 2. The first kappa shape index (κ1) is 16.5. The maximum absolute atomic E-state index is 12.6. The first-order chi connectivity index (χ1) is 12.6. The van der Waals surface area contributed by atoms with Crippen molar-refractivity contribution in [3.05, 3.63) is 36.5 Å². The van der Waals surface area contributed by atoms with Gasteiger partial charge in [0.05, 0.1) is 11.2 Å². The zero-order chi connectivity index (χ0) is 18.1. The molecule has 1 aromatic carbocycles. The highest BCUT2D eigenvalue weighted by Gasteiger charge is 2.52. The number of urea groups is 1. The molecule has 2 fully saturated rings. The number of carbonyl (C=O) groups is 3. The Hall–Kier alpha value is -2.96. The predicted octanol–water partition coefficient (Wildman–Crippen LogP) is 2.43. The summed E-state index contributed by atoms with van der Waals surface area (Å²) in [6, 6.07) is 8.93. The van der Waals surface area contributed by atoms with E-state index in [4.69, 9.17) is 0 Å². The monoisotopic (exact) mass is 352 g/mol. The molecule has 1 aliphatic carbocycles. The van der Waals surface area contributed by atoms with Gasteiger partial charge in [0.2, 0.25) is 5.91 Å². The largest absolute Gasteiger partial charge is 0.325 e. The molecular weight excluding hydrogens is 332 g/mol. The molecule has 2 aliphatic rings. The van der Waals surface area contributed by atoms with Gasteiger partial charge >= 0.3 is 6.03 Å². The molecule has 1 spiro atoms. The number of amides is 4. The fourth-order valence-corrected chi connectivity index (χ4v) is 3.83. The third kappa shape index (κ3) is 2.79. The Kier molecular flexibility index (Phi) is 4.06. The molecule has 7 heteroatoms. The van der Waals surface area contributed by atoms with Crippen molar-refractivity contribution in [1.82, 2.24) is 15.2 Å². The second-order valence-corrected chi connectivity index (χ2v) is 6.86. The quantitative estimate of drug-likeness (QED) is 0.827. The van der Waals surface area contributed by atoms with Crippen LogP contribution in [0.3, 0.4) is 0 Å². The number of rotatable bonds is 4. The molecule has 2 heterocycles. The van der Waals surface area contributed by atoms with Crippen LogP contribution in [0.5, 0.6) is 0 Å². The summed E-state index contributed by atoms with van der Waals surface area (Å²) in [5.74, 6) is -0.448. The summed E-state index contributed by atoms with van der Waals surface area (Å²) < 4.78 is 0. The Morgan fingerprint density at radius 1 is 1.19 bits per heavy atom. The van der Waals surface area contributed by atoms with Crippen LogP contribution in [0.25, 0.3) is 10.9 Å². The van der Waals surface area contributed by atoms with Gasteiger partial charge in [-0.25, -0.2) is 4.79 Å². The van der Waals surface area contributed by atoms with Crippen LogP contribution in [0.1, 0.15) is 32.1 Å². The molecule has 4 rings (SSSR count). The minimum Gasteiger partial charge on any atom is -0.324 e. The first-order valence-electron chi connectivity index (χ1n) is 8.87. The fraction of sp³-hybridized carbons (Fsp3) is 0.368. The normalized spacial score (nSPS) is 18.5. The number of carbonyl (C=O) groups excluding carboxylic acids is 3. The molecular formula is C19H20N4O3. The number of imide groups is 1. The Morgan fingerprint density at radius 3 is 2.77 bits per heavy atom. The minimum absolute atomic E-state index is 0.0540. The van der Waals surface area contributed by atoms with Gasteiger partial charge in [-0.1, -0.05) is 31.0 Å². The van der Waals surface area contributed by atoms with Gasteiger partial charge in [-0.3, -0.25) is 19.5 Å². The minimum atomic E-state index is -0.729. The van der Waals surface area contributed by atoms with Crippen molar-refractivity contribution >= 4 is 34.4 Å². The molecule has 1 saturated heterocycles. The lowest BCUT2D eigenvalue weighted by Gasteiger charge is -2.19. The summed E-state index contributed by atoms with van der Waals surface area (Å²) in [6.45, 7) is 0.0798. The number of nitrogens with zero attached hydrogens (tertiary/aromatic N) is 2. The van der Waals surface area contributed by atoms with Gasteiger partial charge in [0.15, 0.2) is 0 Å². The molecule has 2 aromatic rings. The Balaban J connectivity index is 1.41. The lowest BCUT2D eigenvalue weighted by molar-refractivity contribution is -0.131. The third-order valence-electron chi connectivity index (χ3n) is 5.17. The van der Waals surface area contributed by atoms with E-state index < -0.39 is 11.6 Å². The fourth-order valence-electron chi connectivity index (χ4n) is 3.83. The van der Waals surface area contributed by atoms with Crippen molar-refractivity contribution in [3.63, 3.8) is 0 Å².